The summed E-state index contributed by atoms with van der Waals surface area (Å²) < 4.78 is 67.1. The molecule has 0 saturated heterocycles. The summed E-state index contributed by atoms with van der Waals surface area (Å²) in [6, 6.07) is 14.3. The van der Waals surface area contributed by atoms with Crippen LogP contribution in [-0.4, -0.2) is 36.9 Å². The Bertz CT molecular complexity index is 1480. The van der Waals surface area contributed by atoms with Gasteiger partial charge in [0.15, 0.2) is 16.4 Å². The highest BCUT2D eigenvalue weighted by atomic mass is 35.5. The van der Waals surface area contributed by atoms with Crippen molar-refractivity contribution < 1.29 is 26.3 Å². The SMILES string of the molecule is CCS(=O)(=O)c1ccc(Cc2nc3c(Cl)c(-c4ccccc4OCC(F)(F)F)c(Cl)cc3[nH]2)cc1. The Hall–Kier alpha value is -2.75. The van der Waals surface area contributed by atoms with E-state index in [2.05, 4.69) is 9.97 Å². The Kier molecular flexibility index (Phi) is 7.04. The van der Waals surface area contributed by atoms with Crippen molar-refractivity contribution in [1.82, 2.24) is 9.97 Å². The highest BCUT2D eigenvalue weighted by Crippen LogP contribution is 2.43. The lowest BCUT2D eigenvalue weighted by Gasteiger charge is -2.15. The standard InChI is InChI=1S/C24H19Cl2F3N2O3S/c1-2-35(32,33)15-9-7-14(8-10-15)11-20-30-18-12-17(25)21(22(26)23(18)31-20)16-5-3-4-6-19(16)34-13-24(27,28)29/h3-10,12H,2,11,13H2,1H3,(H,30,31). The number of aromatic nitrogens is 2. The van der Waals surface area contributed by atoms with Gasteiger partial charge < -0.3 is 9.72 Å². The first kappa shape index (κ1) is 25.3. The van der Waals surface area contributed by atoms with Gasteiger partial charge in [-0.25, -0.2) is 13.4 Å². The zero-order valence-electron chi connectivity index (χ0n) is 18.3. The van der Waals surface area contributed by atoms with Crippen LogP contribution >= 0.6 is 23.2 Å². The molecule has 0 aliphatic rings. The molecule has 11 heteroatoms. The van der Waals surface area contributed by atoms with Gasteiger partial charge in [-0.2, -0.15) is 13.2 Å². The van der Waals surface area contributed by atoms with Crippen molar-refractivity contribution in [3.05, 3.63) is 76.0 Å². The average Bonchev–Trinajstić information content (AvgIpc) is 3.20. The number of fused-ring (bicyclic) bond motifs is 1. The number of halogens is 5. The van der Waals surface area contributed by atoms with Crippen LogP contribution in [0.1, 0.15) is 18.3 Å². The molecule has 0 radical (unpaired) electrons. The summed E-state index contributed by atoms with van der Waals surface area (Å²) in [5, 5.41) is 0.386. The van der Waals surface area contributed by atoms with Crippen molar-refractivity contribution in [1.29, 1.82) is 0 Å². The quantitative estimate of drug-likeness (QED) is 0.277. The molecule has 3 aromatic carbocycles. The Morgan fingerprint density at radius 2 is 1.74 bits per heavy atom. The molecule has 0 aliphatic heterocycles. The number of imidazole rings is 1. The molecule has 4 aromatic rings. The van der Waals surface area contributed by atoms with Crippen molar-refractivity contribution in [3.63, 3.8) is 0 Å². The number of hydrogen-bond acceptors (Lipinski definition) is 4. The lowest BCUT2D eigenvalue weighted by atomic mass is 10.0. The molecule has 184 valence electrons. The van der Waals surface area contributed by atoms with Crippen LogP contribution < -0.4 is 4.74 Å². The van der Waals surface area contributed by atoms with Crippen molar-refractivity contribution >= 4 is 44.1 Å². The molecule has 0 atom stereocenters. The second-order valence-corrected chi connectivity index (χ2v) is 10.8. The van der Waals surface area contributed by atoms with Gasteiger partial charge >= 0.3 is 6.18 Å². The first-order valence-electron chi connectivity index (χ1n) is 10.5. The molecular weight excluding hydrogens is 524 g/mol. The molecule has 1 heterocycles. The maximum Gasteiger partial charge on any atom is 0.422 e. The number of ether oxygens (including phenoxy) is 1. The smallest absolute Gasteiger partial charge is 0.422 e. The minimum atomic E-state index is -4.50. The average molecular weight is 543 g/mol. The lowest BCUT2D eigenvalue weighted by Crippen LogP contribution is -2.19. The van der Waals surface area contributed by atoms with E-state index < -0.39 is 22.6 Å². The normalized spacial score (nSPS) is 12.3. The van der Waals surface area contributed by atoms with Gasteiger partial charge in [0, 0.05) is 17.5 Å². The molecule has 0 saturated carbocycles. The zero-order valence-corrected chi connectivity index (χ0v) is 20.6. The number of aromatic amines is 1. The number of nitrogens with zero attached hydrogens (tertiary/aromatic N) is 1. The molecular formula is C24H19Cl2F3N2O3S. The predicted octanol–water partition coefficient (Wildman–Crippen LogP) is 6.86. The summed E-state index contributed by atoms with van der Waals surface area (Å²) >= 11 is 13.1. The third kappa shape index (κ3) is 5.58. The number of nitrogens with one attached hydrogen (secondary N) is 1. The maximum atomic E-state index is 12.7. The second-order valence-electron chi connectivity index (χ2n) is 7.75. The van der Waals surface area contributed by atoms with Crippen LogP contribution in [0.25, 0.3) is 22.2 Å². The van der Waals surface area contributed by atoms with Crippen LogP contribution in [-0.2, 0) is 16.3 Å². The zero-order chi connectivity index (χ0) is 25.4. The molecule has 0 spiro atoms. The summed E-state index contributed by atoms with van der Waals surface area (Å²) in [6.07, 6.45) is -4.13. The largest absolute Gasteiger partial charge is 0.483 e. The number of para-hydroxylation sites is 1. The molecule has 1 aromatic heterocycles. The minimum Gasteiger partial charge on any atom is -0.483 e. The molecule has 35 heavy (non-hydrogen) atoms. The number of H-pyrrole nitrogens is 1. The fraction of sp³-hybridized carbons (Fsp3) is 0.208. The fourth-order valence-corrected chi connectivity index (χ4v) is 5.18. The number of sulfone groups is 1. The van der Waals surface area contributed by atoms with E-state index in [9.17, 15) is 21.6 Å². The Morgan fingerprint density at radius 1 is 1.06 bits per heavy atom. The van der Waals surface area contributed by atoms with E-state index in [-0.39, 0.29) is 26.4 Å². The third-order valence-electron chi connectivity index (χ3n) is 5.30. The second kappa shape index (κ2) is 9.72. The van der Waals surface area contributed by atoms with Gasteiger partial charge in [-0.3, -0.25) is 0 Å². The van der Waals surface area contributed by atoms with Gasteiger partial charge in [0.05, 0.1) is 26.2 Å². The van der Waals surface area contributed by atoms with Crippen molar-refractivity contribution in [3.8, 4) is 16.9 Å². The van der Waals surface area contributed by atoms with E-state index in [1.165, 1.54) is 6.07 Å². The lowest BCUT2D eigenvalue weighted by molar-refractivity contribution is -0.153. The van der Waals surface area contributed by atoms with Gasteiger partial charge in [-0.05, 0) is 29.8 Å². The molecule has 1 N–H and O–H groups in total. The van der Waals surface area contributed by atoms with Crippen LogP contribution in [0.3, 0.4) is 0 Å². The third-order valence-corrected chi connectivity index (χ3v) is 7.72. The van der Waals surface area contributed by atoms with Crippen LogP contribution in [0.4, 0.5) is 13.2 Å². The highest BCUT2D eigenvalue weighted by molar-refractivity contribution is 7.91. The Balaban J connectivity index is 1.68. The van der Waals surface area contributed by atoms with Gasteiger partial charge in [0.1, 0.15) is 17.1 Å². The van der Waals surface area contributed by atoms with E-state index in [1.807, 2.05) is 0 Å². The summed E-state index contributed by atoms with van der Waals surface area (Å²) in [5.41, 5.74) is 2.40. The Labute approximate surface area is 209 Å². The molecule has 5 nitrogen and oxygen atoms in total. The number of hydrogen-bond donors (Lipinski definition) is 1. The first-order chi connectivity index (χ1) is 16.5. The van der Waals surface area contributed by atoms with E-state index in [1.54, 1.807) is 55.5 Å². The molecule has 4 rings (SSSR count). The van der Waals surface area contributed by atoms with Gasteiger partial charge in [-0.1, -0.05) is 60.5 Å². The van der Waals surface area contributed by atoms with E-state index in [0.717, 1.165) is 5.56 Å². The summed E-state index contributed by atoms with van der Waals surface area (Å²) in [6.45, 7) is 0.133. The predicted molar refractivity (Wildman–Crippen MR) is 130 cm³/mol. The number of alkyl halides is 3. The van der Waals surface area contributed by atoms with Crippen LogP contribution in [0.15, 0.2) is 59.5 Å². The van der Waals surface area contributed by atoms with E-state index in [4.69, 9.17) is 27.9 Å². The monoisotopic (exact) mass is 542 g/mol. The van der Waals surface area contributed by atoms with Crippen molar-refractivity contribution in [2.75, 3.05) is 12.4 Å². The van der Waals surface area contributed by atoms with Gasteiger partial charge in [-0.15, -0.1) is 0 Å². The van der Waals surface area contributed by atoms with Crippen molar-refractivity contribution in [2.45, 2.75) is 24.4 Å². The molecule has 0 unspecified atom stereocenters. The summed E-state index contributed by atoms with van der Waals surface area (Å²) in [4.78, 5) is 7.94. The van der Waals surface area contributed by atoms with Gasteiger partial charge in [0.2, 0.25) is 0 Å². The van der Waals surface area contributed by atoms with Crippen LogP contribution in [0.5, 0.6) is 5.75 Å². The maximum absolute atomic E-state index is 12.7. The fourth-order valence-electron chi connectivity index (χ4n) is 3.60. The first-order valence-corrected chi connectivity index (χ1v) is 12.9. The van der Waals surface area contributed by atoms with Crippen molar-refractivity contribution in [2.24, 2.45) is 0 Å². The van der Waals surface area contributed by atoms with Gasteiger partial charge in [0.25, 0.3) is 0 Å². The highest BCUT2D eigenvalue weighted by Gasteiger charge is 2.29. The molecule has 0 bridgehead atoms. The Morgan fingerprint density at radius 3 is 2.40 bits per heavy atom. The van der Waals surface area contributed by atoms with Crippen LogP contribution in [0, 0.1) is 0 Å². The summed E-state index contributed by atoms with van der Waals surface area (Å²) in [7, 11) is -3.29. The van der Waals surface area contributed by atoms with E-state index in [0.29, 0.717) is 34.4 Å². The topological polar surface area (TPSA) is 72.1 Å². The molecule has 0 fully saturated rings. The number of rotatable bonds is 7. The summed E-state index contributed by atoms with van der Waals surface area (Å²) in [5.74, 6) is 0.565. The molecule has 0 amide bonds. The number of benzene rings is 3. The van der Waals surface area contributed by atoms with E-state index >= 15 is 0 Å². The van der Waals surface area contributed by atoms with Crippen LogP contribution in [0.2, 0.25) is 10.0 Å². The molecule has 0 aliphatic carbocycles. The minimum absolute atomic E-state index is 0.00847.